The van der Waals surface area contributed by atoms with E-state index < -0.39 is 0 Å². The van der Waals surface area contributed by atoms with Crippen LogP contribution in [0.15, 0.2) is 36.5 Å². The van der Waals surface area contributed by atoms with Crippen LogP contribution in [0.25, 0.3) is 11.0 Å². The van der Waals surface area contributed by atoms with Gasteiger partial charge in [0.1, 0.15) is 11.6 Å². The van der Waals surface area contributed by atoms with Crippen LogP contribution in [0, 0.1) is 5.82 Å². The standard InChI is InChI=1S/C26H30FN5O3/c1-30(2)26(34)18-12-21(23-4-3-5-32(23)20-11-17(16-33)10-19(27)14-20)25-22(13-18)28-15-24(29-25)31-6-8-35-9-7-31/h10-15,23,33H,3-9,16H2,1-2H3. The highest BCUT2D eigenvalue weighted by Crippen LogP contribution is 2.40. The van der Waals surface area contributed by atoms with Gasteiger partial charge in [-0.25, -0.2) is 9.37 Å². The lowest BCUT2D eigenvalue weighted by atomic mass is 9.98. The van der Waals surface area contributed by atoms with E-state index in [0.717, 1.165) is 49.4 Å². The van der Waals surface area contributed by atoms with E-state index in [4.69, 9.17) is 14.7 Å². The number of benzene rings is 2. The molecule has 0 radical (unpaired) electrons. The summed E-state index contributed by atoms with van der Waals surface area (Å²) >= 11 is 0. The zero-order chi connectivity index (χ0) is 24.5. The predicted octanol–water partition coefficient (Wildman–Crippen LogP) is 3.14. The van der Waals surface area contributed by atoms with Crippen LogP contribution in [-0.4, -0.2) is 72.8 Å². The molecule has 0 bridgehead atoms. The Morgan fingerprint density at radius 2 is 1.97 bits per heavy atom. The van der Waals surface area contributed by atoms with Gasteiger partial charge in [-0.3, -0.25) is 9.78 Å². The SMILES string of the molecule is CN(C)C(=O)c1cc(C2CCCN2c2cc(F)cc(CO)c2)c2nc(N3CCOCC3)cnc2c1. The average molecular weight is 480 g/mol. The number of aliphatic hydroxyl groups is 1. The number of morpholine rings is 1. The first-order valence-electron chi connectivity index (χ1n) is 12.0. The fraction of sp³-hybridized carbons (Fsp3) is 0.423. The number of aromatic nitrogens is 2. The van der Waals surface area contributed by atoms with Crippen molar-refractivity contribution in [2.45, 2.75) is 25.5 Å². The predicted molar refractivity (Wildman–Crippen MR) is 132 cm³/mol. The van der Waals surface area contributed by atoms with Gasteiger partial charge in [0.2, 0.25) is 0 Å². The number of hydrogen-bond acceptors (Lipinski definition) is 7. The Morgan fingerprint density at radius 1 is 1.17 bits per heavy atom. The number of ether oxygens (including phenoxy) is 1. The Labute approximate surface area is 203 Å². The van der Waals surface area contributed by atoms with E-state index >= 15 is 0 Å². The molecule has 2 aliphatic heterocycles. The van der Waals surface area contributed by atoms with Crippen LogP contribution in [0.2, 0.25) is 0 Å². The first kappa shape index (κ1) is 23.4. The summed E-state index contributed by atoms with van der Waals surface area (Å²) in [6, 6.07) is 8.28. The van der Waals surface area contributed by atoms with E-state index in [-0.39, 0.29) is 24.4 Å². The van der Waals surface area contributed by atoms with Crippen LogP contribution in [0.5, 0.6) is 0 Å². The van der Waals surface area contributed by atoms with Gasteiger partial charge in [-0.05, 0) is 48.7 Å². The van der Waals surface area contributed by atoms with E-state index in [1.807, 2.05) is 12.1 Å². The summed E-state index contributed by atoms with van der Waals surface area (Å²) in [5.41, 5.74) is 4.11. The molecule has 8 nitrogen and oxygen atoms in total. The molecule has 0 saturated carbocycles. The van der Waals surface area contributed by atoms with Crippen molar-refractivity contribution in [3.05, 3.63) is 59.0 Å². The van der Waals surface area contributed by atoms with Gasteiger partial charge >= 0.3 is 0 Å². The third-order valence-corrected chi connectivity index (χ3v) is 6.72. The number of halogens is 1. The number of aliphatic hydroxyl groups excluding tert-OH is 1. The minimum atomic E-state index is -0.381. The van der Waals surface area contributed by atoms with Crippen LogP contribution < -0.4 is 9.80 Å². The Bertz CT molecular complexity index is 1250. The molecular weight excluding hydrogens is 449 g/mol. The number of amides is 1. The summed E-state index contributed by atoms with van der Waals surface area (Å²) in [7, 11) is 3.45. The van der Waals surface area contributed by atoms with Gasteiger partial charge in [-0.15, -0.1) is 0 Å². The number of carbonyl (C=O) groups is 1. The van der Waals surface area contributed by atoms with Gasteiger partial charge < -0.3 is 24.5 Å². The molecule has 35 heavy (non-hydrogen) atoms. The smallest absolute Gasteiger partial charge is 0.253 e. The Kier molecular flexibility index (Phi) is 6.53. The lowest BCUT2D eigenvalue weighted by Gasteiger charge is -2.30. The zero-order valence-corrected chi connectivity index (χ0v) is 20.1. The maximum absolute atomic E-state index is 14.3. The van der Waals surface area contributed by atoms with Gasteiger partial charge in [-0.2, -0.15) is 0 Å². The largest absolute Gasteiger partial charge is 0.392 e. The summed E-state index contributed by atoms with van der Waals surface area (Å²) < 4.78 is 19.8. The molecule has 0 aliphatic carbocycles. The van der Waals surface area contributed by atoms with Gasteiger partial charge in [0.05, 0.1) is 43.1 Å². The molecule has 2 saturated heterocycles. The molecule has 184 valence electrons. The number of carbonyl (C=O) groups excluding carboxylic acids is 1. The molecule has 5 rings (SSSR count). The number of hydrogen-bond donors (Lipinski definition) is 1. The summed E-state index contributed by atoms with van der Waals surface area (Å²) in [4.78, 5) is 28.5. The summed E-state index contributed by atoms with van der Waals surface area (Å²) in [5.74, 6) is 0.296. The van der Waals surface area contributed by atoms with Crippen LogP contribution >= 0.6 is 0 Å². The van der Waals surface area contributed by atoms with E-state index in [1.54, 1.807) is 31.3 Å². The molecule has 1 N–H and O–H groups in total. The van der Waals surface area contributed by atoms with E-state index in [9.17, 15) is 14.3 Å². The zero-order valence-electron chi connectivity index (χ0n) is 20.1. The molecule has 3 aromatic rings. The van der Waals surface area contributed by atoms with Crippen molar-refractivity contribution in [1.82, 2.24) is 14.9 Å². The van der Waals surface area contributed by atoms with Crippen molar-refractivity contribution in [3.63, 3.8) is 0 Å². The summed E-state index contributed by atoms with van der Waals surface area (Å²) in [6.07, 6.45) is 3.51. The molecule has 3 heterocycles. The molecule has 2 aromatic carbocycles. The molecule has 2 aliphatic rings. The second-order valence-electron chi connectivity index (χ2n) is 9.29. The van der Waals surface area contributed by atoms with E-state index in [0.29, 0.717) is 35.5 Å². The molecule has 1 aromatic heterocycles. The highest BCUT2D eigenvalue weighted by Gasteiger charge is 2.30. The van der Waals surface area contributed by atoms with Crippen molar-refractivity contribution in [1.29, 1.82) is 0 Å². The lowest BCUT2D eigenvalue weighted by Crippen LogP contribution is -2.36. The molecular formula is C26H30FN5O3. The number of nitrogens with zero attached hydrogens (tertiary/aromatic N) is 5. The second kappa shape index (κ2) is 9.75. The normalized spacial score (nSPS) is 18.3. The number of rotatable bonds is 5. The first-order chi connectivity index (χ1) is 16.9. The van der Waals surface area contributed by atoms with Crippen LogP contribution in [0.4, 0.5) is 15.9 Å². The third kappa shape index (κ3) is 4.66. The fourth-order valence-corrected chi connectivity index (χ4v) is 5.00. The second-order valence-corrected chi connectivity index (χ2v) is 9.29. The van der Waals surface area contributed by atoms with Crippen molar-refractivity contribution in [2.75, 3.05) is 56.7 Å². The highest BCUT2D eigenvalue weighted by atomic mass is 19.1. The Balaban J connectivity index is 1.64. The minimum Gasteiger partial charge on any atom is -0.392 e. The van der Waals surface area contributed by atoms with Crippen molar-refractivity contribution < 1.29 is 19.0 Å². The summed E-state index contributed by atoms with van der Waals surface area (Å²) in [6.45, 7) is 3.29. The number of anilines is 2. The molecule has 1 atom stereocenters. The van der Waals surface area contributed by atoms with Gasteiger partial charge in [0, 0.05) is 50.5 Å². The number of fused-ring (bicyclic) bond motifs is 1. The Morgan fingerprint density at radius 3 is 2.71 bits per heavy atom. The summed E-state index contributed by atoms with van der Waals surface area (Å²) in [5, 5.41) is 9.60. The Hall–Kier alpha value is -3.30. The van der Waals surface area contributed by atoms with Crippen LogP contribution in [0.1, 0.15) is 40.4 Å². The van der Waals surface area contributed by atoms with Gasteiger partial charge in [0.15, 0.2) is 0 Å². The van der Waals surface area contributed by atoms with Gasteiger partial charge in [0.25, 0.3) is 5.91 Å². The third-order valence-electron chi connectivity index (χ3n) is 6.72. The maximum atomic E-state index is 14.3. The van der Waals surface area contributed by atoms with E-state index in [2.05, 4.69) is 9.80 Å². The lowest BCUT2D eigenvalue weighted by molar-refractivity contribution is 0.0827. The molecule has 1 amide bonds. The van der Waals surface area contributed by atoms with Crippen LogP contribution in [-0.2, 0) is 11.3 Å². The monoisotopic (exact) mass is 479 g/mol. The highest BCUT2D eigenvalue weighted by molar-refractivity contribution is 5.98. The first-order valence-corrected chi connectivity index (χ1v) is 12.0. The topological polar surface area (TPSA) is 82.0 Å². The molecule has 2 fully saturated rings. The maximum Gasteiger partial charge on any atom is 0.253 e. The average Bonchev–Trinajstić information content (AvgIpc) is 3.37. The van der Waals surface area contributed by atoms with Crippen molar-refractivity contribution >= 4 is 28.4 Å². The van der Waals surface area contributed by atoms with Crippen molar-refractivity contribution in [2.24, 2.45) is 0 Å². The molecule has 0 spiro atoms. The minimum absolute atomic E-state index is 0.102. The quantitative estimate of drug-likeness (QED) is 0.602. The van der Waals surface area contributed by atoms with Crippen molar-refractivity contribution in [3.8, 4) is 0 Å². The van der Waals surface area contributed by atoms with E-state index in [1.165, 1.54) is 12.1 Å². The van der Waals surface area contributed by atoms with Gasteiger partial charge in [-0.1, -0.05) is 0 Å². The molecule has 9 heteroatoms. The molecule has 1 unspecified atom stereocenters. The fourth-order valence-electron chi connectivity index (χ4n) is 5.00. The van der Waals surface area contributed by atoms with Crippen LogP contribution in [0.3, 0.4) is 0 Å².